The van der Waals surface area contributed by atoms with Gasteiger partial charge < -0.3 is 15.3 Å². The number of nitrogens with zero attached hydrogens (tertiary/aromatic N) is 1. The average Bonchev–Trinajstić information content (AvgIpc) is 2.42. The zero-order chi connectivity index (χ0) is 16.9. The summed E-state index contributed by atoms with van der Waals surface area (Å²) in [6, 6.07) is 0. The number of amides is 2. The first-order valence-electron chi connectivity index (χ1n) is 8.36. The highest BCUT2D eigenvalue weighted by atomic mass is 16.3. The molecule has 1 aliphatic heterocycles. The summed E-state index contributed by atoms with van der Waals surface area (Å²) in [4.78, 5) is 26.2. The summed E-state index contributed by atoms with van der Waals surface area (Å²) >= 11 is 0. The molecule has 0 radical (unpaired) electrons. The molecule has 2 N–H and O–H groups in total. The van der Waals surface area contributed by atoms with Gasteiger partial charge in [0, 0.05) is 31.0 Å². The SMILES string of the molecule is CC(C)CC(O)CNC(=O)C1CCN(C(=O)C(C)(C)C)CC1. The molecule has 0 bridgehead atoms. The maximum Gasteiger partial charge on any atom is 0.227 e. The van der Waals surface area contributed by atoms with Crippen molar-refractivity contribution in [3.8, 4) is 0 Å². The molecule has 0 aromatic carbocycles. The van der Waals surface area contributed by atoms with Crippen LogP contribution < -0.4 is 5.32 Å². The smallest absolute Gasteiger partial charge is 0.227 e. The molecule has 22 heavy (non-hydrogen) atoms. The van der Waals surface area contributed by atoms with Crippen LogP contribution in [0.5, 0.6) is 0 Å². The van der Waals surface area contributed by atoms with E-state index >= 15 is 0 Å². The zero-order valence-electron chi connectivity index (χ0n) is 14.7. The summed E-state index contributed by atoms with van der Waals surface area (Å²) in [5, 5.41) is 12.6. The summed E-state index contributed by atoms with van der Waals surface area (Å²) in [5.41, 5.74) is -0.365. The van der Waals surface area contributed by atoms with E-state index in [1.807, 2.05) is 39.5 Å². The molecule has 1 fully saturated rings. The van der Waals surface area contributed by atoms with Crippen molar-refractivity contribution in [3.63, 3.8) is 0 Å². The number of rotatable bonds is 5. The van der Waals surface area contributed by atoms with Crippen molar-refractivity contribution < 1.29 is 14.7 Å². The number of carbonyl (C=O) groups excluding carboxylic acids is 2. The lowest BCUT2D eigenvalue weighted by molar-refractivity contribution is -0.142. The summed E-state index contributed by atoms with van der Waals surface area (Å²) in [6.07, 6.45) is 1.62. The molecule has 2 amide bonds. The van der Waals surface area contributed by atoms with Crippen LogP contribution in [0.1, 0.15) is 53.9 Å². The summed E-state index contributed by atoms with van der Waals surface area (Å²) < 4.78 is 0. The Morgan fingerprint density at radius 3 is 2.23 bits per heavy atom. The minimum atomic E-state index is -0.480. The van der Waals surface area contributed by atoms with E-state index in [4.69, 9.17) is 0 Å². The first kappa shape index (κ1) is 18.9. The minimum absolute atomic E-state index is 0.00524. The Labute approximate surface area is 134 Å². The van der Waals surface area contributed by atoms with Crippen LogP contribution in [0.25, 0.3) is 0 Å². The maximum absolute atomic E-state index is 12.2. The molecule has 0 spiro atoms. The van der Waals surface area contributed by atoms with Crippen molar-refractivity contribution in [1.29, 1.82) is 0 Å². The van der Waals surface area contributed by atoms with E-state index in [2.05, 4.69) is 5.32 Å². The van der Waals surface area contributed by atoms with Gasteiger partial charge >= 0.3 is 0 Å². The van der Waals surface area contributed by atoms with Crippen molar-refractivity contribution in [3.05, 3.63) is 0 Å². The van der Waals surface area contributed by atoms with Crippen LogP contribution in [0.3, 0.4) is 0 Å². The summed E-state index contributed by atoms with van der Waals surface area (Å²) in [7, 11) is 0. The lowest BCUT2D eigenvalue weighted by Crippen LogP contribution is -2.47. The number of likely N-dealkylation sites (tertiary alicyclic amines) is 1. The van der Waals surface area contributed by atoms with E-state index in [0.29, 0.717) is 44.8 Å². The third-order valence-corrected chi connectivity index (χ3v) is 4.05. The van der Waals surface area contributed by atoms with E-state index in [-0.39, 0.29) is 23.1 Å². The maximum atomic E-state index is 12.2. The van der Waals surface area contributed by atoms with Gasteiger partial charge in [-0.2, -0.15) is 0 Å². The Bertz CT molecular complexity index is 380. The highest BCUT2D eigenvalue weighted by molar-refractivity contribution is 5.82. The van der Waals surface area contributed by atoms with Crippen LogP contribution in [0.4, 0.5) is 0 Å². The van der Waals surface area contributed by atoms with E-state index in [1.54, 1.807) is 0 Å². The van der Waals surface area contributed by atoms with E-state index in [1.165, 1.54) is 0 Å². The molecule has 1 aliphatic rings. The van der Waals surface area contributed by atoms with Gasteiger partial charge in [-0.15, -0.1) is 0 Å². The molecule has 1 atom stereocenters. The molecule has 1 unspecified atom stereocenters. The second-order valence-electron chi connectivity index (χ2n) is 7.84. The molecule has 0 aromatic heterocycles. The lowest BCUT2D eigenvalue weighted by atomic mass is 9.90. The van der Waals surface area contributed by atoms with Crippen LogP contribution in [0.15, 0.2) is 0 Å². The van der Waals surface area contributed by atoms with Crippen molar-refractivity contribution in [2.24, 2.45) is 17.3 Å². The van der Waals surface area contributed by atoms with Gasteiger partial charge in [0.15, 0.2) is 0 Å². The van der Waals surface area contributed by atoms with Gasteiger partial charge in [0.1, 0.15) is 0 Å². The van der Waals surface area contributed by atoms with Gasteiger partial charge in [0.25, 0.3) is 0 Å². The fourth-order valence-electron chi connectivity index (χ4n) is 2.81. The van der Waals surface area contributed by atoms with Gasteiger partial charge in [0.2, 0.25) is 11.8 Å². The molecule has 5 nitrogen and oxygen atoms in total. The van der Waals surface area contributed by atoms with Gasteiger partial charge in [0.05, 0.1) is 6.10 Å². The standard InChI is InChI=1S/C17H32N2O3/c1-12(2)10-14(20)11-18-15(21)13-6-8-19(9-7-13)16(22)17(3,4)5/h12-14,20H,6-11H2,1-5H3,(H,18,21). The molecule has 1 saturated heterocycles. The predicted octanol–water partition coefficient (Wildman–Crippen LogP) is 1.79. The normalized spacial score (nSPS) is 18.4. The number of carbonyl (C=O) groups is 2. The number of aliphatic hydroxyl groups is 1. The van der Waals surface area contributed by atoms with Crippen molar-refractivity contribution in [1.82, 2.24) is 10.2 Å². The van der Waals surface area contributed by atoms with Gasteiger partial charge in [-0.1, -0.05) is 34.6 Å². The predicted molar refractivity (Wildman–Crippen MR) is 87.2 cm³/mol. The molecule has 0 saturated carbocycles. The van der Waals surface area contributed by atoms with Crippen LogP contribution in [0, 0.1) is 17.3 Å². The topological polar surface area (TPSA) is 69.6 Å². The molecular weight excluding hydrogens is 280 g/mol. The lowest BCUT2D eigenvalue weighted by Gasteiger charge is -2.35. The Morgan fingerprint density at radius 2 is 1.77 bits per heavy atom. The molecular formula is C17H32N2O3. The third-order valence-electron chi connectivity index (χ3n) is 4.05. The Balaban J connectivity index is 2.35. The largest absolute Gasteiger partial charge is 0.391 e. The summed E-state index contributed by atoms with van der Waals surface area (Å²) in [5.74, 6) is 0.526. The van der Waals surface area contributed by atoms with Crippen LogP contribution >= 0.6 is 0 Å². The monoisotopic (exact) mass is 312 g/mol. The fraction of sp³-hybridized carbons (Fsp3) is 0.882. The van der Waals surface area contributed by atoms with E-state index in [9.17, 15) is 14.7 Å². The second-order valence-corrected chi connectivity index (χ2v) is 7.84. The quantitative estimate of drug-likeness (QED) is 0.813. The number of hydrogen-bond acceptors (Lipinski definition) is 3. The van der Waals surface area contributed by atoms with Crippen molar-refractivity contribution >= 4 is 11.8 Å². The average molecular weight is 312 g/mol. The molecule has 0 aromatic rings. The Kier molecular flexibility index (Phi) is 6.85. The zero-order valence-corrected chi connectivity index (χ0v) is 14.7. The molecule has 0 aliphatic carbocycles. The van der Waals surface area contributed by atoms with Crippen LogP contribution in [0.2, 0.25) is 0 Å². The number of nitrogens with one attached hydrogen (secondary N) is 1. The van der Waals surface area contributed by atoms with E-state index in [0.717, 1.165) is 0 Å². The number of aliphatic hydroxyl groups excluding tert-OH is 1. The third kappa shape index (κ3) is 5.95. The van der Waals surface area contributed by atoms with Crippen molar-refractivity contribution in [2.75, 3.05) is 19.6 Å². The van der Waals surface area contributed by atoms with Gasteiger partial charge in [-0.3, -0.25) is 9.59 Å². The Morgan fingerprint density at radius 1 is 1.23 bits per heavy atom. The van der Waals surface area contributed by atoms with Crippen LogP contribution in [-0.2, 0) is 9.59 Å². The minimum Gasteiger partial charge on any atom is -0.391 e. The second kappa shape index (κ2) is 7.95. The fourth-order valence-corrected chi connectivity index (χ4v) is 2.81. The molecule has 1 rings (SSSR count). The van der Waals surface area contributed by atoms with Gasteiger partial charge in [-0.25, -0.2) is 0 Å². The highest BCUT2D eigenvalue weighted by Crippen LogP contribution is 2.23. The Hall–Kier alpha value is -1.10. The molecule has 1 heterocycles. The number of hydrogen-bond donors (Lipinski definition) is 2. The van der Waals surface area contributed by atoms with Crippen molar-refractivity contribution in [2.45, 2.75) is 60.0 Å². The van der Waals surface area contributed by atoms with Crippen LogP contribution in [-0.4, -0.2) is 47.6 Å². The van der Waals surface area contributed by atoms with Gasteiger partial charge in [-0.05, 0) is 25.2 Å². The number of piperidine rings is 1. The van der Waals surface area contributed by atoms with E-state index < -0.39 is 6.10 Å². The highest BCUT2D eigenvalue weighted by Gasteiger charge is 2.32. The first-order valence-corrected chi connectivity index (χ1v) is 8.36. The molecule has 5 heteroatoms. The first-order chi connectivity index (χ1) is 10.1. The summed E-state index contributed by atoms with van der Waals surface area (Å²) in [6.45, 7) is 11.5. The molecule has 128 valence electrons.